The second kappa shape index (κ2) is 7.96. The molecule has 1 aliphatic rings. The molecule has 1 aliphatic heterocycles. The number of esters is 1. The molecule has 138 valence electrons. The first-order valence-corrected chi connectivity index (χ1v) is 8.52. The predicted molar refractivity (Wildman–Crippen MR) is 97.1 cm³/mol. The normalized spacial score (nSPS) is 16.8. The topological polar surface area (TPSA) is 94.6 Å². The summed E-state index contributed by atoms with van der Waals surface area (Å²) in [6, 6.07) is 5.79. The van der Waals surface area contributed by atoms with Crippen LogP contribution in [0, 0.1) is 25.2 Å². The summed E-state index contributed by atoms with van der Waals surface area (Å²) in [6.45, 7) is 7.70. The zero-order valence-corrected chi connectivity index (χ0v) is 15.8. The molecule has 0 unspecified atom stereocenters. The van der Waals surface area contributed by atoms with Crippen LogP contribution in [0.3, 0.4) is 0 Å². The minimum atomic E-state index is -0.632. The molecule has 2 rings (SSSR count). The largest absolute Gasteiger partial charge is 0.496 e. The second-order valence-electron chi connectivity index (χ2n) is 5.94. The van der Waals surface area contributed by atoms with Crippen molar-refractivity contribution in [3.05, 3.63) is 51.6 Å². The molecule has 2 N–H and O–H groups in total. The van der Waals surface area contributed by atoms with E-state index in [2.05, 4.69) is 6.07 Å². The number of rotatable bonds is 5. The molecule has 6 heteroatoms. The molecule has 0 saturated carbocycles. The molecule has 1 aromatic rings. The van der Waals surface area contributed by atoms with Gasteiger partial charge in [-0.15, -0.1) is 0 Å². The number of hydrogen-bond acceptors (Lipinski definition) is 6. The van der Waals surface area contributed by atoms with Gasteiger partial charge in [-0.25, -0.2) is 4.79 Å². The van der Waals surface area contributed by atoms with Gasteiger partial charge in [-0.1, -0.05) is 13.0 Å². The lowest BCUT2D eigenvalue weighted by Gasteiger charge is -2.29. The monoisotopic (exact) mass is 356 g/mol. The number of carbonyl (C=O) groups excluding carboxylic acids is 1. The van der Waals surface area contributed by atoms with Gasteiger partial charge in [0.05, 0.1) is 25.2 Å². The SMILES string of the molecule is CCOC(=O)C1=C(CC)OC(N)=C(C#N)[C@H]1c1ccc(OC)c(C)c1C. The van der Waals surface area contributed by atoms with Crippen LogP contribution < -0.4 is 10.5 Å². The summed E-state index contributed by atoms with van der Waals surface area (Å²) in [5.41, 5.74) is 9.19. The molecular weight excluding hydrogens is 332 g/mol. The van der Waals surface area contributed by atoms with Crippen molar-refractivity contribution in [1.82, 2.24) is 0 Å². The van der Waals surface area contributed by atoms with Crippen molar-refractivity contribution in [2.45, 2.75) is 40.0 Å². The van der Waals surface area contributed by atoms with Crippen LogP contribution in [-0.4, -0.2) is 19.7 Å². The fourth-order valence-electron chi connectivity index (χ4n) is 3.17. The maximum atomic E-state index is 12.7. The van der Waals surface area contributed by atoms with Gasteiger partial charge in [0.15, 0.2) is 0 Å². The van der Waals surface area contributed by atoms with Gasteiger partial charge in [0.1, 0.15) is 23.2 Å². The van der Waals surface area contributed by atoms with Crippen LogP contribution >= 0.6 is 0 Å². The highest BCUT2D eigenvalue weighted by Gasteiger charge is 2.38. The Kier molecular flexibility index (Phi) is 5.93. The number of hydrogen-bond donors (Lipinski definition) is 1. The quantitative estimate of drug-likeness (QED) is 0.813. The molecule has 0 saturated heterocycles. The van der Waals surface area contributed by atoms with Gasteiger partial charge < -0.3 is 19.9 Å². The van der Waals surface area contributed by atoms with Crippen molar-refractivity contribution < 1.29 is 19.0 Å². The molecule has 0 aromatic heterocycles. The number of nitrogens with two attached hydrogens (primary N) is 1. The van der Waals surface area contributed by atoms with Gasteiger partial charge in [-0.2, -0.15) is 5.26 Å². The first kappa shape index (κ1) is 19.4. The van der Waals surface area contributed by atoms with Gasteiger partial charge >= 0.3 is 5.97 Å². The summed E-state index contributed by atoms with van der Waals surface area (Å²) >= 11 is 0. The van der Waals surface area contributed by atoms with E-state index in [-0.39, 0.29) is 18.1 Å². The number of ether oxygens (including phenoxy) is 3. The molecule has 0 bridgehead atoms. The number of benzene rings is 1. The average Bonchev–Trinajstić information content (AvgIpc) is 2.63. The van der Waals surface area contributed by atoms with Gasteiger partial charge in [-0.05, 0) is 43.5 Å². The average molecular weight is 356 g/mol. The lowest BCUT2D eigenvalue weighted by atomic mass is 9.80. The molecule has 1 aromatic carbocycles. The molecule has 1 heterocycles. The van der Waals surface area contributed by atoms with Crippen LogP contribution in [0.2, 0.25) is 0 Å². The third kappa shape index (κ3) is 3.25. The molecule has 26 heavy (non-hydrogen) atoms. The maximum Gasteiger partial charge on any atom is 0.338 e. The Morgan fingerprint density at radius 3 is 2.54 bits per heavy atom. The van der Waals surface area contributed by atoms with Gasteiger partial charge in [0.25, 0.3) is 0 Å². The van der Waals surface area contributed by atoms with Crippen molar-refractivity contribution in [2.75, 3.05) is 13.7 Å². The van der Waals surface area contributed by atoms with Crippen molar-refractivity contribution >= 4 is 5.97 Å². The maximum absolute atomic E-state index is 12.7. The summed E-state index contributed by atoms with van der Waals surface area (Å²) in [6.07, 6.45) is 0.457. The van der Waals surface area contributed by atoms with Crippen LogP contribution in [0.5, 0.6) is 5.75 Å². The highest BCUT2D eigenvalue weighted by atomic mass is 16.5. The molecule has 0 amide bonds. The van der Waals surface area contributed by atoms with E-state index in [0.717, 1.165) is 22.4 Å². The Bertz CT molecular complexity index is 831. The van der Waals surface area contributed by atoms with E-state index in [9.17, 15) is 10.1 Å². The number of nitriles is 1. The molecule has 1 atom stereocenters. The van der Waals surface area contributed by atoms with Crippen molar-refractivity contribution in [2.24, 2.45) is 5.73 Å². The highest BCUT2D eigenvalue weighted by Crippen LogP contribution is 2.43. The summed E-state index contributed by atoms with van der Waals surface area (Å²) in [5.74, 6) is 0.0639. The summed E-state index contributed by atoms with van der Waals surface area (Å²) in [4.78, 5) is 12.7. The van der Waals surface area contributed by atoms with Gasteiger partial charge in [0, 0.05) is 6.42 Å². The highest BCUT2D eigenvalue weighted by molar-refractivity contribution is 5.92. The van der Waals surface area contributed by atoms with Gasteiger partial charge in [0.2, 0.25) is 5.88 Å². The van der Waals surface area contributed by atoms with Crippen LogP contribution in [0.25, 0.3) is 0 Å². The standard InChI is InChI=1S/C20H24N2O4/c1-6-15-18(20(23)25-7-2)17(14(10-21)19(22)26-15)13-8-9-16(24-5)12(4)11(13)3/h8-9,17H,6-7,22H2,1-5H3/t17-/m1/s1. The Balaban J connectivity index is 2.75. The summed E-state index contributed by atoms with van der Waals surface area (Å²) in [5, 5.41) is 9.68. The van der Waals surface area contributed by atoms with E-state index in [1.54, 1.807) is 14.0 Å². The van der Waals surface area contributed by atoms with Gasteiger partial charge in [-0.3, -0.25) is 0 Å². The number of methoxy groups -OCH3 is 1. The van der Waals surface area contributed by atoms with E-state index < -0.39 is 11.9 Å². The molecule has 0 spiro atoms. The van der Waals surface area contributed by atoms with Crippen LogP contribution in [0.15, 0.2) is 34.9 Å². The van der Waals surface area contributed by atoms with E-state index >= 15 is 0 Å². The molecule has 0 radical (unpaired) electrons. The molecule has 0 aliphatic carbocycles. The zero-order chi connectivity index (χ0) is 19.4. The predicted octanol–water partition coefficient (Wildman–Crippen LogP) is 3.35. The van der Waals surface area contributed by atoms with Crippen LogP contribution in [-0.2, 0) is 14.3 Å². The third-order valence-corrected chi connectivity index (χ3v) is 4.62. The first-order chi connectivity index (χ1) is 12.4. The van der Waals surface area contributed by atoms with Crippen LogP contribution in [0.1, 0.15) is 42.9 Å². The minimum absolute atomic E-state index is 0.0234. The first-order valence-electron chi connectivity index (χ1n) is 8.52. The molecular formula is C20H24N2O4. The van der Waals surface area contributed by atoms with E-state index in [0.29, 0.717) is 17.8 Å². The fraction of sp³-hybridized carbons (Fsp3) is 0.400. The lowest BCUT2D eigenvalue weighted by Crippen LogP contribution is -2.26. The van der Waals surface area contributed by atoms with E-state index in [1.165, 1.54) is 0 Å². The van der Waals surface area contributed by atoms with Crippen molar-refractivity contribution in [3.8, 4) is 11.8 Å². The fourth-order valence-corrected chi connectivity index (χ4v) is 3.17. The Morgan fingerprint density at radius 2 is 2.00 bits per heavy atom. The lowest BCUT2D eigenvalue weighted by molar-refractivity contribution is -0.139. The Labute approximate surface area is 153 Å². The Morgan fingerprint density at radius 1 is 1.31 bits per heavy atom. The number of carbonyl (C=O) groups is 1. The second-order valence-corrected chi connectivity index (χ2v) is 5.94. The summed E-state index contributed by atoms with van der Waals surface area (Å²) in [7, 11) is 1.60. The molecule has 6 nitrogen and oxygen atoms in total. The van der Waals surface area contributed by atoms with E-state index in [1.807, 2.05) is 32.9 Å². The van der Waals surface area contributed by atoms with E-state index in [4.69, 9.17) is 19.9 Å². The summed E-state index contributed by atoms with van der Waals surface area (Å²) < 4.78 is 16.2. The minimum Gasteiger partial charge on any atom is -0.496 e. The molecule has 0 fully saturated rings. The zero-order valence-electron chi connectivity index (χ0n) is 15.8. The Hall–Kier alpha value is -2.94. The van der Waals surface area contributed by atoms with Crippen molar-refractivity contribution in [1.29, 1.82) is 5.26 Å². The van der Waals surface area contributed by atoms with Crippen molar-refractivity contribution in [3.63, 3.8) is 0 Å². The third-order valence-electron chi connectivity index (χ3n) is 4.62. The smallest absolute Gasteiger partial charge is 0.338 e. The number of nitrogens with zero attached hydrogens (tertiary/aromatic N) is 1. The van der Waals surface area contributed by atoms with Crippen LogP contribution in [0.4, 0.5) is 0 Å². The number of allylic oxidation sites excluding steroid dienone is 2.